The number of aromatic nitrogens is 2. The summed E-state index contributed by atoms with van der Waals surface area (Å²) >= 11 is 0. The van der Waals surface area contributed by atoms with Gasteiger partial charge in [0.2, 0.25) is 5.82 Å². The van der Waals surface area contributed by atoms with Crippen molar-refractivity contribution in [1.82, 2.24) is 10.1 Å². The van der Waals surface area contributed by atoms with Gasteiger partial charge in [-0.25, -0.2) is 0 Å². The summed E-state index contributed by atoms with van der Waals surface area (Å²) < 4.78 is 5.60. The molecule has 0 bridgehead atoms. The van der Waals surface area contributed by atoms with Crippen molar-refractivity contribution in [3.05, 3.63) is 53.6 Å². The number of nitrogens with two attached hydrogens (primary N) is 1. The van der Waals surface area contributed by atoms with Crippen molar-refractivity contribution in [1.29, 1.82) is 0 Å². The summed E-state index contributed by atoms with van der Waals surface area (Å²) in [5.41, 5.74) is 11.0. The summed E-state index contributed by atoms with van der Waals surface area (Å²) in [4.78, 5) is 7.04. The third-order valence-electron chi connectivity index (χ3n) is 4.70. The monoisotopic (exact) mass is 370 g/mol. The van der Waals surface area contributed by atoms with Gasteiger partial charge in [0.1, 0.15) is 0 Å². The lowest BCUT2D eigenvalue weighted by Crippen LogP contribution is -2.18. The molecule has 0 saturated carbocycles. The number of rotatable bonds is 4. The van der Waals surface area contributed by atoms with E-state index in [2.05, 4.69) is 40.2 Å². The molecular weight excluding hydrogens is 348 g/mol. The average molecular weight is 371 g/mol. The lowest BCUT2D eigenvalue weighted by atomic mass is 10.1. The van der Waals surface area contributed by atoms with Crippen LogP contribution in [0.5, 0.6) is 0 Å². The zero-order valence-corrected chi connectivity index (χ0v) is 15.6. The van der Waals surface area contributed by atoms with E-state index in [0.717, 1.165) is 29.8 Å². The predicted octanol–water partition coefficient (Wildman–Crippen LogP) is 4.19. The molecule has 1 aliphatic heterocycles. The molecule has 5 nitrogen and oxygen atoms in total. The van der Waals surface area contributed by atoms with Crippen LogP contribution >= 0.6 is 12.4 Å². The highest BCUT2D eigenvalue weighted by molar-refractivity contribution is 5.85. The summed E-state index contributed by atoms with van der Waals surface area (Å²) in [5.74, 6) is 1.18. The van der Waals surface area contributed by atoms with Gasteiger partial charge in [-0.1, -0.05) is 41.1 Å². The number of benzene rings is 2. The fraction of sp³-hybridized carbons (Fsp3) is 0.300. The summed E-state index contributed by atoms with van der Waals surface area (Å²) in [6, 6.07) is 14.4. The molecule has 0 spiro atoms. The smallest absolute Gasteiger partial charge is 0.260 e. The SMILES string of the molecule is Cc1ccc(N2CCCC2)c(-c2nc(-c3ccc(CN)cc3)no2)c1.Cl. The largest absolute Gasteiger partial charge is 0.371 e. The Morgan fingerprint density at radius 1 is 1.08 bits per heavy atom. The molecule has 2 N–H and O–H groups in total. The van der Waals surface area contributed by atoms with Crippen molar-refractivity contribution < 1.29 is 4.52 Å². The van der Waals surface area contributed by atoms with Gasteiger partial charge in [0.15, 0.2) is 0 Å². The van der Waals surface area contributed by atoms with Crippen LogP contribution in [-0.2, 0) is 6.54 Å². The van der Waals surface area contributed by atoms with Crippen LogP contribution in [0.25, 0.3) is 22.8 Å². The second-order valence-corrected chi connectivity index (χ2v) is 6.54. The Morgan fingerprint density at radius 2 is 1.81 bits per heavy atom. The highest BCUT2D eigenvalue weighted by atomic mass is 35.5. The summed E-state index contributed by atoms with van der Waals surface area (Å²) in [6.07, 6.45) is 2.46. The topological polar surface area (TPSA) is 68.2 Å². The van der Waals surface area contributed by atoms with Gasteiger partial charge in [0.25, 0.3) is 5.89 Å². The molecule has 2 heterocycles. The number of aryl methyl sites for hydroxylation is 1. The van der Waals surface area contributed by atoms with E-state index in [1.165, 1.54) is 24.1 Å². The maximum absolute atomic E-state index is 5.65. The van der Waals surface area contributed by atoms with Crippen LogP contribution in [0.1, 0.15) is 24.0 Å². The molecule has 0 amide bonds. The number of anilines is 1. The second-order valence-electron chi connectivity index (χ2n) is 6.54. The van der Waals surface area contributed by atoms with Crippen molar-refractivity contribution in [2.24, 2.45) is 5.73 Å². The molecule has 1 fully saturated rings. The van der Waals surface area contributed by atoms with Crippen molar-refractivity contribution in [3.63, 3.8) is 0 Å². The lowest BCUT2D eigenvalue weighted by molar-refractivity contribution is 0.432. The third-order valence-corrected chi connectivity index (χ3v) is 4.70. The molecule has 0 aliphatic carbocycles. The van der Waals surface area contributed by atoms with Gasteiger partial charge >= 0.3 is 0 Å². The zero-order valence-electron chi connectivity index (χ0n) is 14.8. The first-order valence-electron chi connectivity index (χ1n) is 8.73. The first-order chi connectivity index (χ1) is 12.2. The Morgan fingerprint density at radius 3 is 2.50 bits per heavy atom. The van der Waals surface area contributed by atoms with Crippen LogP contribution in [0.3, 0.4) is 0 Å². The molecule has 0 unspecified atom stereocenters. The Hall–Kier alpha value is -2.37. The zero-order chi connectivity index (χ0) is 17.2. The third kappa shape index (κ3) is 3.59. The molecule has 2 aromatic carbocycles. The minimum absolute atomic E-state index is 0. The molecule has 3 aromatic rings. The van der Waals surface area contributed by atoms with E-state index < -0.39 is 0 Å². The predicted molar refractivity (Wildman–Crippen MR) is 106 cm³/mol. The van der Waals surface area contributed by atoms with E-state index in [-0.39, 0.29) is 12.4 Å². The van der Waals surface area contributed by atoms with Gasteiger partial charge in [-0.2, -0.15) is 4.98 Å². The molecular formula is C20H23ClN4O. The molecule has 26 heavy (non-hydrogen) atoms. The molecule has 1 saturated heterocycles. The average Bonchev–Trinajstić information content (AvgIpc) is 3.34. The first-order valence-corrected chi connectivity index (χ1v) is 8.73. The maximum atomic E-state index is 5.65. The summed E-state index contributed by atoms with van der Waals surface area (Å²) in [7, 11) is 0. The van der Waals surface area contributed by atoms with Gasteiger partial charge in [0.05, 0.1) is 5.56 Å². The Balaban J connectivity index is 0.00000196. The number of nitrogens with zero attached hydrogens (tertiary/aromatic N) is 3. The normalized spacial score (nSPS) is 13.7. The van der Waals surface area contributed by atoms with E-state index in [0.29, 0.717) is 18.3 Å². The van der Waals surface area contributed by atoms with Crippen LogP contribution < -0.4 is 10.6 Å². The number of halogens is 1. The molecule has 0 atom stereocenters. The minimum Gasteiger partial charge on any atom is -0.371 e. The van der Waals surface area contributed by atoms with Crippen LogP contribution in [0.15, 0.2) is 47.0 Å². The number of hydrogen-bond donors (Lipinski definition) is 1. The Labute approximate surface area is 159 Å². The molecule has 1 aliphatic rings. The van der Waals surface area contributed by atoms with Crippen molar-refractivity contribution in [3.8, 4) is 22.8 Å². The quantitative estimate of drug-likeness (QED) is 0.745. The van der Waals surface area contributed by atoms with Crippen molar-refractivity contribution in [2.75, 3.05) is 18.0 Å². The van der Waals surface area contributed by atoms with E-state index in [4.69, 9.17) is 10.3 Å². The molecule has 4 rings (SSSR count). The van der Waals surface area contributed by atoms with Crippen LogP contribution in [-0.4, -0.2) is 23.2 Å². The Kier molecular flexibility index (Phi) is 5.59. The first kappa shape index (κ1) is 18.4. The molecule has 6 heteroatoms. The molecule has 0 radical (unpaired) electrons. The second kappa shape index (κ2) is 7.89. The van der Waals surface area contributed by atoms with Gasteiger partial charge < -0.3 is 15.2 Å². The maximum Gasteiger partial charge on any atom is 0.260 e. The van der Waals surface area contributed by atoms with E-state index in [9.17, 15) is 0 Å². The Bertz CT molecular complexity index is 870. The molecule has 136 valence electrons. The van der Waals surface area contributed by atoms with E-state index >= 15 is 0 Å². The van der Waals surface area contributed by atoms with Crippen LogP contribution in [0.2, 0.25) is 0 Å². The summed E-state index contributed by atoms with van der Waals surface area (Å²) in [6.45, 7) is 4.77. The fourth-order valence-electron chi connectivity index (χ4n) is 3.30. The van der Waals surface area contributed by atoms with Crippen molar-refractivity contribution >= 4 is 18.1 Å². The minimum atomic E-state index is 0. The lowest BCUT2D eigenvalue weighted by Gasteiger charge is -2.20. The van der Waals surface area contributed by atoms with Gasteiger partial charge in [-0.05, 0) is 37.5 Å². The van der Waals surface area contributed by atoms with Crippen molar-refractivity contribution in [2.45, 2.75) is 26.3 Å². The van der Waals surface area contributed by atoms with E-state index in [1.54, 1.807) is 0 Å². The summed E-state index contributed by atoms with van der Waals surface area (Å²) in [5, 5.41) is 4.18. The van der Waals surface area contributed by atoms with Gasteiger partial charge in [0, 0.05) is 30.9 Å². The van der Waals surface area contributed by atoms with Gasteiger partial charge in [-0.3, -0.25) is 0 Å². The highest BCUT2D eigenvalue weighted by Gasteiger charge is 2.20. The van der Waals surface area contributed by atoms with E-state index in [1.807, 2.05) is 24.3 Å². The standard InChI is InChI=1S/C20H22N4O.ClH/c1-14-4-9-18(24-10-2-3-11-24)17(12-14)20-22-19(23-25-20)16-7-5-15(13-21)6-8-16;/h4-9,12H,2-3,10-11,13,21H2,1H3;1H. The van der Waals surface area contributed by atoms with Crippen LogP contribution in [0.4, 0.5) is 5.69 Å². The van der Waals surface area contributed by atoms with Gasteiger partial charge in [-0.15, -0.1) is 12.4 Å². The van der Waals surface area contributed by atoms with Crippen LogP contribution in [0, 0.1) is 6.92 Å². The molecule has 1 aromatic heterocycles. The number of hydrogen-bond acceptors (Lipinski definition) is 5. The fourth-order valence-corrected chi connectivity index (χ4v) is 3.30. The highest BCUT2D eigenvalue weighted by Crippen LogP contribution is 2.33.